The van der Waals surface area contributed by atoms with Gasteiger partial charge in [0.15, 0.2) is 5.11 Å². The molecule has 2 amide bonds. The van der Waals surface area contributed by atoms with Crippen molar-refractivity contribution in [2.45, 2.75) is 45.6 Å². The number of carbonyl (C=O) groups is 2. The second kappa shape index (κ2) is 8.70. The Balaban J connectivity index is 1.64. The number of nitrogens with two attached hydrogens (primary N) is 1. The third-order valence-electron chi connectivity index (χ3n) is 4.65. The van der Waals surface area contributed by atoms with Gasteiger partial charge in [0.1, 0.15) is 10.8 Å². The van der Waals surface area contributed by atoms with Gasteiger partial charge in [0.05, 0.1) is 11.7 Å². The number of rotatable bonds is 6. The Kier molecular flexibility index (Phi) is 6.31. The van der Waals surface area contributed by atoms with E-state index in [9.17, 15) is 9.59 Å². The van der Waals surface area contributed by atoms with Crippen molar-refractivity contribution in [1.82, 2.24) is 5.32 Å². The summed E-state index contributed by atoms with van der Waals surface area (Å²) in [4.78, 5) is 25.4. The summed E-state index contributed by atoms with van der Waals surface area (Å²) in [5.41, 5.74) is 7.50. The Morgan fingerprint density at radius 3 is 2.64 bits per heavy atom. The van der Waals surface area contributed by atoms with Gasteiger partial charge >= 0.3 is 0 Å². The lowest BCUT2D eigenvalue weighted by atomic mass is 10.1. The molecule has 0 saturated carbocycles. The molecule has 1 aliphatic rings. The highest BCUT2D eigenvalue weighted by Gasteiger charge is 2.25. The zero-order chi connectivity index (χ0) is 20.3. The van der Waals surface area contributed by atoms with Gasteiger partial charge in [0, 0.05) is 10.4 Å². The lowest BCUT2D eigenvalue weighted by molar-refractivity contribution is 0.0975. The molecule has 0 saturated heterocycles. The molecule has 1 heterocycles. The van der Waals surface area contributed by atoms with Crippen LogP contribution in [0.5, 0.6) is 5.75 Å². The maximum Gasteiger partial charge on any atom is 0.257 e. The third kappa shape index (κ3) is 4.51. The molecule has 148 valence electrons. The average Bonchev–Trinajstić information content (AvgIpc) is 3.22. The molecular formula is C20H23N3O3S2. The molecular weight excluding hydrogens is 394 g/mol. The van der Waals surface area contributed by atoms with Crippen LogP contribution in [-0.2, 0) is 12.8 Å². The molecule has 0 spiro atoms. The number of nitrogens with one attached hydrogen (secondary N) is 2. The quantitative estimate of drug-likeness (QED) is 0.624. The van der Waals surface area contributed by atoms with E-state index in [1.165, 1.54) is 11.3 Å². The van der Waals surface area contributed by atoms with Crippen molar-refractivity contribution in [3.05, 3.63) is 45.8 Å². The van der Waals surface area contributed by atoms with Crippen molar-refractivity contribution in [1.29, 1.82) is 0 Å². The van der Waals surface area contributed by atoms with Gasteiger partial charge in [-0.1, -0.05) is 6.92 Å². The van der Waals surface area contributed by atoms with E-state index in [4.69, 9.17) is 22.7 Å². The number of carbonyl (C=O) groups excluding carboxylic acids is 2. The molecule has 4 N–H and O–H groups in total. The highest BCUT2D eigenvalue weighted by Crippen LogP contribution is 2.38. The van der Waals surface area contributed by atoms with Gasteiger partial charge in [-0.25, -0.2) is 0 Å². The first-order valence-electron chi connectivity index (χ1n) is 9.22. The predicted octanol–water partition coefficient (Wildman–Crippen LogP) is 3.64. The number of fused-ring (bicyclic) bond motifs is 1. The molecule has 3 rings (SSSR count). The maximum absolute atomic E-state index is 12.4. The summed E-state index contributed by atoms with van der Waals surface area (Å²) in [5.74, 6) is -0.101. The van der Waals surface area contributed by atoms with E-state index in [1.807, 2.05) is 13.8 Å². The second-order valence-electron chi connectivity index (χ2n) is 6.70. The van der Waals surface area contributed by atoms with E-state index in [-0.39, 0.29) is 17.1 Å². The zero-order valence-corrected chi connectivity index (χ0v) is 17.5. The molecule has 1 aromatic heterocycles. The summed E-state index contributed by atoms with van der Waals surface area (Å²) in [5, 5.41) is 6.33. The van der Waals surface area contributed by atoms with Crippen molar-refractivity contribution >= 4 is 45.5 Å². The monoisotopic (exact) mass is 417 g/mol. The van der Waals surface area contributed by atoms with Crippen LogP contribution in [0.15, 0.2) is 24.3 Å². The summed E-state index contributed by atoms with van der Waals surface area (Å²) in [6, 6.07) is 6.88. The molecule has 0 bridgehead atoms. The summed E-state index contributed by atoms with van der Waals surface area (Å²) in [6.07, 6.45) is 3.83. The van der Waals surface area contributed by atoms with E-state index < -0.39 is 5.91 Å². The van der Waals surface area contributed by atoms with Crippen LogP contribution >= 0.6 is 23.6 Å². The Hall–Kier alpha value is -2.45. The lowest BCUT2D eigenvalue weighted by Gasteiger charge is -2.13. The van der Waals surface area contributed by atoms with Crippen molar-refractivity contribution < 1.29 is 14.3 Å². The first-order valence-corrected chi connectivity index (χ1v) is 10.4. The lowest BCUT2D eigenvalue weighted by Crippen LogP contribution is -2.34. The minimum Gasteiger partial charge on any atom is -0.491 e. The highest BCUT2D eigenvalue weighted by atomic mass is 32.1. The normalized spacial score (nSPS) is 13.5. The first kappa shape index (κ1) is 20.3. The second-order valence-corrected chi connectivity index (χ2v) is 8.21. The Morgan fingerprint density at radius 2 is 2.00 bits per heavy atom. The van der Waals surface area contributed by atoms with Gasteiger partial charge in [-0.15, -0.1) is 11.3 Å². The molecule has 0 fully saturated rings. The van der Waals surface area contributed by atoms with E-state index in [0.29, 0.717) is 21.9 Å². The van der Waals surface area contributed by atoms with E-state index >= 15 is 0 Å². The molecule has 0 radical (unpaired) electrons. The average molecular weight is 418 g/mol. The Bertz CT molecular complexity index is 906. The molecule has 1 atom stereocenters. The molecule has 28 heavy (non-hydrogen) atoms. The minimum atomic E-state index is -0.479. The number of ether oxygens (including phenoxy) is 1. The SMILES string of the molecule is CCC(C)Oc1ccc(C(=O)NC(=S)Nc2sc3c(c2C(N)=O)CCC3)cc1. The van der Waals surface area contributed by atoms with Crippen molar-refractivity contribution in [2.24, 2.45) is 5.73 Å². The summed E-state index contributed by atoms with van der Waals surface area (Å²) in [7, 11) is 0. The number of thiocarbonyl (C=S) groups is 1. The third-order valence-corrected chi connectivity index (χ3v) is 6.06. The van der Waals surface area contributed by atoms with Crippen molar-refractivity contribution in [3.8, 4) is 5.75 Å². The maximum atomic E-state index is 12.4. The number of primary amides is 1. The van der Waals surface area contributed by atoms with Crippen LogP contribution in [0.3, 0.4) is 0 Å². The fourth-order valence-electron chi connectivity index (χ4n) is 3.06. The molecule has 2 aromatic rings. The number of anilines is 1. The van der Waals surface area contributed by atoms with Gasteiger partial charge in [-0.3, -0.25) is 14.9 Å². The van der Waals surface area contributed by atoms with Crippen LogP contribution < -0.4 is 21.1 Å². The fraction of sp³-hybridized carbons (Fsp3) is 0.350. The van der Waals surface area contributed by atoms with Crippen LogP contribution in [0.1, 0.15) is 57.8 Å². The van der Waals surface area contributed by atoms with Gasteiger partial charge in [0.25, 0.3) is 11.8 Å². The van der Waals surface area contributed by atoms with Crippen LogP contribution in [0.4, 0.5) is 5.00 Å². The molecule has 0 aliphatic heterocycles. The number of amides is 2. The molecule has 1 unspecified atom stereocenters. The largest absolute Gasteiger partial charge is 0.491 e. The van der Waals surface area contributed by atoms with Crippen molar-refractivity contribution in [2.75, 3.05) is 5.32 Å². The number of hydrogen-bond acceptors (Lipinski definition) is 5. The van der Waals surface area contributed by atoms with E-state index in [0.717, 1.165) is 36.1 Å². The molecule has 6 nitrogen and oxygen atoms in total. The van der Waals surface area contributed by atoms with Crippen LogP contribution in [0, 0.1) is 0 Å². The standard InChI is InChI=1S/C20H23N3O3S2/c1-3-11(2)26-13-9-7-12(8-10-13)18(25)22-20(27)23-19-16(17(21)24)14-5-4-6-15(14)28-19/h7-11H,3-6H2,1-2H3,(H2,21,24)(H2,22,23,25,27). The van der Waals surface area contributed by atoms with E-state index in [2.05, 4.69) is 10.6 Å². The number of benzene rings is 1. The summed E-state index contributed by atoms with van der Waals surface area (Å²) < 4.78 is 5.71. The minimum absolute atomic E-state index is 0.114. The Morgan fingerprint density at radius 1 is 1.29 bits per heavy atom. The van der Waals surface area contributed by atoms with Gasteiger partial charge in [-0.05, 0) is 74.7 Å². The predicted molar refractivity (Wildman–Crippen MR) is 115 cm³/mol. The highest BCUT2D eigenvalue weighted by molar-refractivity contribution is 7.80. The van der Waals surface area contributed by atoms with E-state index in [1.54, 1.807) is 24.3 Å². The van der Waals surface area contributed by atoms with Crippen molar-refractivity contribution in [3.63, 3.8) is 0 Å². The number of aryl methyl sites for hydroxylation is 1. The smallest absolute Gasteiger partial charge is 0.257 e. The molecule has 1 aromatic carbocycles. The van der Waals surface area contributed by atoms with Gasteiger partial charge in [-0.2, -0.15) is 0 Å². The molecule has 8 heteroatoms. The molecule has 1 aliphatic carbocycles. The summed E-state index contributed by atoms with van der Waals surface area (Å²) >= 11 is 6.72. The first-order chi connectivity index (χ1) is 13.4. The number of thiophene rings is 1. The topological polar surface area (TPSA) is 93.4 Å². The van der Waals surface area contributed by atoms with Crippen LogP contribution in [0.25, 0.3) is 0 Å². The zero-order valence-electron chi connectivity index (χ0n) is 15.8. The van der Waals surface area contributed by atoms with Crippen LogP contribution in [0.2, 0.25) is 0 Å². The fourth-order valence-corrected chi connectivity index (χ4v) is 4.62. The van der Waals surface area contributed by atoms with Gasteiger partial charge in [0.2, 0.25) is 0 Å². The number of hydrogen-bond donors (Lipinski definition) is 3. The Labute approximate surface area is 173 Å². The summed E-state index contributed by atoms with van der Waals surface area (Å²) in [6.45, 7) is 4.04. The van der Waals surface area contributed by atoms with Crippen LogP contribution in [-0.4, -0.2) is 23.0 Å². The van der Waals surface area contributed by atoms with Gasteiger partial charge < -0.3 is 15.8 Å².